The van der Waals surface area contributed by atoms with Crippen molar-refractivity contribution in [3.05, 3.63) is 65.9 Å². The predicted molar refractivity (Wildman–Crippen MR) is 84.1 cm³/mol. The van der Waals surface area contributed by atoms with Crippen molar-refractivity contribution < 1.29 is 9.59 Å². The number of nitrogens with two attached hydrogens (primary N) is 1. The van der Waals surface area contributed by atoms with Gasteiger partial charge in [-0.1, -0.05) is 35.5 Å². The molecule has 3 N–H and O–H groups in total. The molecular weight excluding hydrogens is 310 g/mol. The molecule has 0 radical (unpaired) electrons. The van der Waals surface area contributed by atoms with E-state index in [0.29, 0.717) is 6.54 Å². The number of hydrogen-bond acceptors (Lipinski definition) is 6. The monoisotopic (exact) mass is 323 g/mol. The summed E-state index contributed by atoms with van der Waals surface area (Å²) in [5, 5.41) is 10.2. The quantitative estimate of drug-likeness (QED) is 0.702. The van der Waals surface area contributed by atoms with Crippen LogP contribution in [0.25, 0.3) is 0 Å². The Labute approximate surface area is 136 Å². The number of carbonyl (C=O) groups excluding carboxylic acids is 2. The van der Waals surface area contributed by atoms with Crippen molar-refractivity contribution in [2.45, 2.75) is 6.54 Å². The van der Waals surface area contributed by atoms with Gasteiger partial charge in [0.05, 0.1) is 12.7 Å². The maximum absolute atomic E-state index is 12.3. The molecule has 0 saturated carbocycles. The molecule has 0 unspecified atom stereocenters. The first-order valence-electron chi connectivity index (χ1n) is 6.99. The normalized spacial score (nSPS) is 10.3. The third kappa shape index (κ3) is 3.24. The summed E-state index contributed by atoms with van der Waals surface area (Å²) in [5.74, 6) is -1.21. The fourth-order valence-corrected chi connectivity index (χ4v) is 2.06. The Morgan fingerprint density at radius 3 is 2.62 bits per heavy atom. The van der Waals surface area contributed by atoms with Crippen LogP contribution in [0, 0.1) is 0 Å². The molecule has 0 bridgehead atoms. The first-order valence-corrected chi connectivity index (χ1v) is 6.99. The maximum atomic E-state index is 12.3. The number of carbonyl (C=O) groups is 2. The van der Waals surface area contributed by atoms with Crippen molar-refractivity contribution >= 4 is 17.6 Å². The number of amides is 2. The minimum Gasteiger partial charge on any atom is -0.364 e. The van der Waals surface area contributed by atoms with Crippen LogP contribution in [0.4, 0.5) is 5.82 Å². The predicted octanol–water partition coefficient (Wildman–Crippen LogP) is 0.468. The number of hydrogen-bond donors (Lipinski definition) is 2. The first kappa shape index (κ1) is 15.3. The lowest BCUT2D eigenvalue weighted by Crippen LogP contribution is -2.21. The summed E-state index contributed by atoms with van der Waals surface area (Å²) in [6.45, 7) is 0.317. The topological polar surface area (TPSA) is 129 Å². The number of nitrogens with zero attached hydrogens (tertiary/aromatic N) is 5. The molecule has 2 heterocycles. The zero-order valence-electron chi connectivity index (χ0n) is 12.5. The van der Waals surface area contributed by atoms with Crippen LogP contribution in [0.1, 0.15) is 26.5 Å². The highest BCUT2D eigenvalue weighted by atomic mass is 16.2. The average Bonchev–Trinajstić information content (AvgIpc) is 2.99. The van der Waals surface area contributed by atoms with E-state index in [4.69, 9.17) is 5.73 Å². The minimum absolute atomic E-state index is 0.0976. The van der Waals surface area contributed by atoms with Gasteiger partial charge in [-0.05, 0) is 5.56 Å². The van der Waals surface area contributed by atoms with E-state index in [2.05, 4.69) is 25.6 Å². The van der Waals surface area contributed by atoms with Crippen molar-refractivity contribution in [1.29, 1.82) is 0 Å². The van der Waals surface area contributed by atoms with Gasteiger partial charge in [-0.3, -0.25) is 14.6 Å². The van der Waals surface area contributed by atoms with E-state index in [1.165, 1.54) is 23.3 Å². The third-order valence-electron chi connectivity index (χ3n) is 3.17. The van der Waals surface area contributed by atoms with Crippen LogP contribution in [-0.2, 0) is 6.54 Å². The highest BCUT2D eigenvalue weighted by molar-refractivity contribution is 6.06. The van der Waals surface area contributed by atoms with E-state index in [1.807, 2.05) is 30.3 Å². The molecule has 120 valence electrons. The summed E-state index contributed by atoms with van der Waals surface area (Å²) >= 11 is 0. The molecule has 3 rings (SSSR count). The fraction of sp³-hybridized carbons (Fsp3) is 0.0667. The van der Waals surface area contributed by atoms with Gasteiger partial charge in [-0.25, -0.2) is 9.67 Å². The summed E-state index contributed by atoms with van der Waals surface area (Å²) in [6.07, 6.45) is 4.15. The maximum Gasteiger partial charge on any atom is 0.277 e. The highest BCUT2D eigenvalue weighted by Gasteiger charge is 2.21. The SMILES string of the molecule is NC(=O)c1nnn(Cc2ccccc2)c1NC(=O)c1cnccn1. The Morgan fingerprint density at radius 1 is 1.17 bits per heavy atom. The molecule has 0 aliphatic heterocycles. The van der Waals surface area contributed by atoms with E-state index in [-0.39, 0.29) is 17.2 Å². The van der Waals surface area contributed by atoms with E-state index in [0.717, 1.165) is 5.56 Å². The number of nitrogens with one attached hydrogen (secondary N) is 1. The Bertz CT molecular complexity index is 862. The van der Waals surface area contributed by atoms with Gasteiger partial charge < -0.3 is 11.1 Å². The lowest BCUT2D eigenvalue weighted by molar-refractivity contribution is 0.0996. The molecule has 0 aliphatic rings. The Hall–Kier alpha value is -3.62. The molecule has 24 heavy (non-hydrogen) atoms. The van der Waals surface area contributed by atoms with Gasteiger partial charge in [0.15, 0.2) is 11.5 Å². The molecule has 0 aliphatic carbocycles. The van der Waals surface area contributed by atoms with Crippen molar-refractivity contribution in [2.24, 2.45) is 5.73 Å². The van der Waals surface area contributed by atoms with E-state index < -0.39 is 11.8 Å². The van der Waals surface area contributed by atoms with Gasteiger partial charge in [0.1, 0.15) is 5.69 Å². The van der Waals surface area contributed by atoms with Crippen LogP contribution in [0.15, 0.2) is 48.9 Å². The van der Waals surface area contributed by atoms with Crippen LogP contribution in [0.5, 0.6) is 0 Å². The second-order valence-electron chi connectivity index (χ2n) is 4.84. The zero-order chi connectivity index (χ0) is 16.9. The van der Waals surface area contributed by atoms with Gasteiger partial charge in [0.25, 0.3) is 11.8 Å². The molecule has 0 fully saturated rings. The lowest BCUT2D eigenvalue weighted by atomic mass is 10.2. The number of rotatable bonds is 5. The van der Waals surface area contributed by atoms with Crippen LogP contribution >= 0.6 is 0 Å². The smallest absolute Gasteiger partial charge is 0.277 e. The Kier molecular flexibility index (Phi) is 4.23. The first-order chi connectivity index (χ1) is 11.6. The largest absolute Gasteiger partial charge is 0.364 e. The van der Waals surface area contributed by atoms with Crippen molar-refractivity contribution in [3.8, 4) is 0 Å². The van der Waals surface area contributed by atoms with E-state index >= 15 is 0 Å². The van der Waals surface area contributed by atoms with E-state index in [1.54, 1.807) is 0 Å². The second-order valence-corrected chi connectivity index (χ2v) is 4.84. The second kappa shape index (κ2) is 6.65. The molecular formula is C15H13N7O2. The van der Waals surface area contributed by atoms with Gasteiger partial charge in [0.2, 0.25) is 0 Å². The van der Waals surface area contributed by atoms with Crippen molar-refractivity contribution in [1.82, 2.24) is 25.0 Å². The molecule has 0 spiro atoms. The molecule has 0 atom stereocenters. The summed E-state index contributed by atoms with van der Waals surface area (Å²) in [4.78, 5) is 31.5. The molecule has 2 amide bonds. The summed E-state index contributed by atoms with van der Waals surface area (Å²) in [6, 6.07) is 9.41. The van der Waals surface area contributed by atoms with Crippen LogP contribution in [0.2, 0.25) is 0 Å². The number of anilines is 1. The molecule has 9 heteroatoms. The van der Waals surface area contributed by atoms with Crippen molar-refractivity contribution in [3.63, 3.8) is 0 Å². The summed E-state index contributed by atoms with van der Waals surface area (Å²) < 4.78 is 1.39. The fourth-order valence-electron chi connectivity index (χ4n) is 2.06. The minimum atomic E-state index is -0.788. The third-order valence-corrected chi connectivity index (χ3v) is 3.17. The number of benzene rings is 1. The lowest BCUT2D eigenvalue weighted by Gasteiger charge is -2.08. The highest BCUT2D eigenvalue weighted by Crippen LogP contribution is 2.15. The molecule has 0 saturated heterocycles. The standard InChI is InChI=1S/C15H13N7O2/c16-13(23)12-14(19-15(24)11-8-17-6-7-18-11)22(21-20-12)9-10-4-2-1-3-5-10/h1-8H,9H2,(H2,16,23)(H,19,24). The van der Waals surface area contributed by atoms with E-state index in [9.17, 15) is 9.59 Å². The molecule has 3 aromatic rings. The van der Waals surface area contributed by atoms with Crippen LogP contribution in [0.3, 0.4) is 0 Å². The molecule has 9 nitrogen and oxygen atoms in total. The van der Waals surface area contributed by atoms with Crippen LogP contribution in [-0.4, -0.2) is 36.8 Å². The summed E-state index contributed by atoms with van der Waals surface area (Å²) in [5.41, 5.74) is 6.20. The zero-order valence-corrected chi connectivity index (χ0v) is 12.5. The number of aromatic nitrogens is 5. The van der Waals surface area contributed by atoms with Gasteiger partial charge in [0, 0.05) is 12.4 Å². The Morgan fingerprint density at radius 2 is 1.96 bits per heavy atom. The van der Waals surface area contributed by atoms with Gasteiger partial charge >= 0.3 is 0 Å². The average molecular weight is 323 g/mol. The van der Waals surface area contributed by atoms with Crippen LogP contribution < -0.4 is 11.1 Å². The summed E-state index contributed by atoms with van der Waals surface area (Å²) in [7, 11) is 0. The number of primary amides is 1. The Balaban J connectivity index is 1.91. The van der Waals surface area contributed by atoms with Crippen molar-refractivity contribution in [2.75, 3.05) is 5.32 Å². The molecule has 1 aromatic carbocycles. The molecule has 2 aromatic heterocycles. The van der Waals surface area contributed by atoms with Gasteiger partial charge in [-0.15, -0.1) is 5.10 Å². The van der Waals surface area contributed by atoms with Gasteiger partial charge in [-0.2, -0.15) is 0 Å².